The maximum atomic E-state index is 11.9. The van der Waals surface area contributed by atoms with Gasteiger partial charge >= 0.3 is 5.97 Å². The molecule has 0 amide bonds. The molecule has 1 fully saturated rings. The highest BCUT2D eigenvalue weighted by atomic mass is 31.0. The predicted molar refractivity (Wildman–Crippen MR) is 75.3 cm³/mol. The third-order valence-corrected chi connectivity index (χ3v) is 3.80. The van der Waals surface area contributed by atoms with E-state index >= 15 is 0 Å². The molecule has 0 radical (unpaired) electrons. The fourth-order valence-corrected chi connectivity index (χ4v) is 2.65. The van der Waals surface area contributed by atoms with Crippen molar-refractivity contribution in [2.75, 3.05) is 25.1 Å². The van der Waals surface area contributed by atoms with Gasteiger partial charge in [-0.1, -0.05) is 6.92 Å². The van der Waals surface area contributed by atoms with Crippen molar-refractivity contribution in [1.82, 2.24) is 4.98 Å². The Morgan fingerprint density at radius 1 is 1.61 bits per heavy atom. The van der Waals surface area contributed by atoms with Crippen molar-refractivity contribution in [3.05, 3.63) is 23.4 Å². The van der Waals surface area contributed by atoms with E-state index in [-0.39, 0.29) is 11.1 Å². The van der Waals surface area contributed by atoms with E-state index in [2.05, 4.69) is 26.0 Å². The molecule has 2 atom stereocenters. The van der Waals surface area contributed by atoms with Crippen LogP contribution >= 0.6 is 9.24 Å². The number of aryl methyl sites for hydroxylation is 1. The van der Waals surface area contributed by atoms with Gasteiger partial charge in [0.25, 0.3) is 0 Å². The topological polar surface area (TPSA) is 42.4 Å². The Kier molecular flexibility index (Phi) is 3.58. The summed E-state index contributed by atoms with van der Waals surface area (Å²) >= 11 is 0. The number of nitrogens with zero attached hydrogens (tertiary/aromatic N) is 2. The van der Waals surface area contributed by atoms with E-state index in [0.717, 1.165) is 30.9 Å². The van der Waals surface area contributed by atoms with Gasteiger partial charge in [0.15, 0.2) is 0 Å². The van der Waals surface area contributed by atoms with Gasteiger partial charge < -0.3 is 9.64 Å². The van der Waals surface area contributed by atoms with Gasteiger partial charge in [-0.2, -0.15) is 0 Å². The Labute approximate surface area is 110 Å². The van der Waals surface area contributed by atoms with E-state index in [1.54, 1.807) is 6.20 Å². The van der Waals surface area contributed by atoms with E-state index in [1.165, 1.54) is 7.11 Å². The molecule has 18 heavy (non-hydrogen) atoms. The molecule has 0 aliphatic carbocycles. The molecular weight excluding hydrogens is 247 g/mol. The second-order valence-corrected chi connectivity index (χ2v) is 6.54. The molecule has 4 nitrogen and oxygen atoms in total. The summed E-state index contributed by atoms with van der Waals surface area (Å²) in [6, 6.07) is 1.84. The number of methoxy groups -OCH3 is 1. The Morgan fingerprint density at radius 2 is 2.33 bits per heavy atom. The summed E-state index contributed by atoms with van der Waals surface area (Å²) in [6.07, 6.45) is 2.82. The number of carbonyl (C=O) groups is 1. The third-order valence-electron chi connectivity index (χ3n) is 3.33. The molecule has 98 valence electrons. The maximum Gasteiger partial charge on any atom is 0.341 e. The highest BCUT2D eigenvalue weighted by Gasteiger charge is 2.32. The van der Waals surface area contributed by atoms with Crippen LogP contribution < -0.4 is 4.90 Å². The van der Waals surface area contributed by atoms with E-state index < -0.39 is 0 Å². The molecule has 2 unspecified atom stereocenters. The lowest BCUT2D eigenvalue weighted by atomic mass is 10.1. The summed E-state index contributed by atoms with van der Waals surface area (Å²) in [6.45, 7) is 5.91. The molecular formula is C13H19N2O2P. The first-order valence-corrected chi connectivity index (χ1v) is 6.60. The quantitative estimate of drug-likeness (QED) is 0.606. The van der Waals surface area contributed by atoms with Crippen LogP contribution in [0.5, 0.6) is 0 Å². The molecule has 1 aromatic rings. The molecule has 0 bridgehead atoms. The van der Waals surface area contributed by atoms with Crippen molar-refractivity contribution in [3.8, 4) is 0 Å². The summed E-state index contributed by atoms with van der Waals surface area (Å²) in [4.78, 5) is 18.4. The number of carbonyl (C=O) groups excluding carboxylic acids is 1. The van der Waals surface area contributed by atoms with Crippen molar-refractivity contribution in [2.45, 2.75) is 25.4 Å². The van der Waals surface area contributed by atoms with Crippen LogP contribution in [0.1, 0.15) is 29.3 Å². The highest BCUT2D eigenvalue weighted by Crippen LogP contribution is 2.34. The van der Waals surface area contributed by atoms with Crippen LogP contribution in [0.3, 0.4) is 0 Å². The molecule has 0 spiro atoms. The molecule has 2 rings (SSSR count). The molecule has 2 heterocycles. The van der Waals surface area contributed by atoms with Crippen LogP contribution in [-0.2, 0) is 4.74 Å². The zero-order chi connectivity index (χ0) is 13.3. The maximum absolute atomic E-state index is 11.9. The zero-order valence-corrected chi connectivity index (χ0v) is 12.2. The van der Waals surface area contributed by atoms with E-state index in [1.807, 2.05) is 13.0 Å². The molecule has 0 saturated carbocycles. The third kappa shape index (κ3) is 2.49. The average molecular weight is 266 g/mol. The van der Waals surface area contributed by atoms with Gasteiger partial charge in [0.2, 0.25) is 0 Å². The fraction of sp³-hybridized carbons (Fsp3) is 0.538. The van der Waals surface area contributed by atoms with Crippen LogP contribution in [0, 0.1) is 6.92 Å². The first-order chi connectivity index (χ1) is 8.44. The van der Waals surface area contributed by atoms with Crippen molar-refractivity contribution >= 4 is 21.0 Å². The highest BCUT2D eigenvalue weighted by molar-refractivity contribution is 7.19. The molecule has 5 heteroatoms. The number of hydrogen-bond donors (Lipinski definition) is 0. The molecule has 1 aliphatic rings. The summed E-state index contributed by atoms with van der Waals surface area (Å²) in [7, 11) is 4.29. The number of anilines is 1. The Morgan fingerprint density at radius 3 is 2.89 bits per heavy atom. The minimum absolute atomic E-state index is 0.193. The van der Waals surface area contributed by atoms with E-state index in [9.17, 15) is 4.79 Å². The van der Waals surface area contributed by atoms with Crippen LogP contribution in [0.4, 0.5) is 5.82 Å². The fourth-order valence-electron chi connectivity index (χ4n) is 2.30. The van der Waals surface area contributed by atoms with Crippen molar-refractivity contribution in [3.63, 3.8) is 0 Å². The van der Waals surface area contributed by atoms with Gasteiger partial charge in [0, 0.05) is 24.4 Å². The average Bonchev–Trinajstić information content (AvgIpc) is 2.68. The summed E-state index contributed by atoms with van der Waals surface area (Å²) < 4.78 is 4.86. The lowest BCUT2D eigenvalue weighted by Crippen LogP contribution is -2.27. The van der Waals surface area contributed by atoms with Gasteiger partial charge in [-0.25, -0.2) is 9.78 Å². The number of rotatable bonds is 2. The SMILES string of the molecule is COC(=O)c1c(C)ccnc1N1CCC(C)(P)C1. The van der Waals surface area contributed by atoms with Crippen molar-refractivity contribution < 1.29 is 9.53 Å². The summed E-state index contributed by atoms with van der Waals surface area (Å²) in [5, 5.41) is 0.193. The van der Waals surface area contributed by atoms with Crippen LogP contribution in [-0.4, -0.2) is 36.3 Å². The smallest absolute Gasteiger partial charge is 0.341 e. The molecule has 0 N–H and O–H groups in total. The molecule has 1 saturated heterocycles. The lowest BCUT2D eigenvalue weighted by Gasteiger charge is -2.22. The van der Waals surface area contributed by atoms with Crippen LogP contribution in [0.15, 0.2) is 12.3 Å². The summed E-state index contributed by atoms with van der Waals surface area (Å²) in [5.41, 5.74) is 1.49. The van der Waals surface area contributed by atoms with Gasteiger partial charge in [0.05, 0.1) is 7.11 Å². The van der Waals surface area contributed by atoms with Crippen LogP contribution in [0.25, 0.3) is 0 Å². The zero-order valence-electron chi connectivity index (χ0n) is 11.1. The minimum Gasteiger partial charge on any atom is -0.465 e. The first-order valence-electron chi connectivity index (χ1n) is 6.02. The van der Waals surface area contributed by atoms with E-state index in [0.29, 0.717) is 5.56 Å². The number of hydrogen-bond acceptors (Lipinski definition) is 4. The van der Waals surface area contributed by atoms with Crippen molar-refractivity contribution in [1.29, 1.82) is 0 Å². The van der Waals surface area contributed by atoms with Gasteiger partial charge in [-0.3, -0.25) is 0 Å². The Hall–Kier alpha value is -1.15. The standard InChI is InChI=1S/C13H19N2O2P/c1-9-4-6-14-11(10(9)12(16)17-3)15-7-5-13(2,18)8-15/h4,6H,5,7-8,18H2,1-3H3. The molecule has 1 aromatic heterocycles. The largest absolute Gasteiger partial charge is 0.465 e. The number of ether oxygens (including phenoxy) is 1. The van der Waals surface area contributed by atoms with E-state index in [4.69, 9.17) is 4.74 Å². The second-order valence-electron chi connectivity index (χ2n) is 5.14. The second kappa shape index (κ2) is 4.85. The predicted octanol–water partition coefficient (Wildman–Crippen LogP) is 2.02. The normalized spacial score (nSPS) is 23.2. The van der Waals surface area contributed by atoms with Crippen LogP contribution in [0.2, 0.25) is 0 Å². The number of esters is 1. The summed E-state index contributed by atoms with van der Waals surface area (Å²) in [5.74, 6) is 0.431. The lowest BCUT2D eigenvalue weighted by molar-refractivity contribution is 0.0600. The minimum atomic E-state index is -0.312. The number of aromatic nitrogens is 1. The Bertz CT molecular complexity index is 474. The molecule has 0 aromatic carbocycles. The van der Waals surface area contributed by atoms with Gasteiger partial charge in [-0.15, -0.1) is 9.24 Å². The molecule has 1 aliphatic heterocycles. The monoisotopic (exact) mass is 266 g/mol. The number of pyridine rings is 1. The van der Waals surface area contributed by atoms with Gasteiger partial charge in [-0.05, 0) is 25.0 Å². The van der Waals surface area contributed by atoms with Crippen molar-refractivity contribution in [2.24, 2.45) is 0 Å². The van der Waals surface area contributed by atoms with Gasteiger partial charge in [0.1, 0.15) is 11.4 Å². The first kappa shape index (κ1) is 13.3. The Balaban J connectivity index is 2.39.